The molecule has 4 aliphatic rings. The number of hydrogen-bond acceptors (Lipinski definition) is 7. The van der Waals surface area contributed by atoms with Gasteiger partial charge in [-0.05, 0) is 78.4 Å². The third kappa shape index (κ3) is 5.31. The first-order valence-corrected chi connectivity index (χ1v) is 15.8. The van der Waals surface area contributed by atoms with E-state index in [1.165, 1.54) is 10.0 Å². The van der Waals surface area contributed by atoms with Crippen LogP contribution in [-0.2, 0) is 14.4 Å². The predicted molar refractivity (Wildman–Crippen MR) is 173 cm³/mol. The zero-order valence-corrected chi connectivity index (χ0v) is 26.5. The van der Waals surface area contributed by atoms with Gasteiger partial charge in [-0.2, -0.15) is 10.2 Å². The highest BCUT2D eigenvalue weighted by Gasteiger charge is 2.56. The van der Waals surface area contributed by atoms with Gasteiger partial charge in [-0.15, -0.1) is 0 Å². The molecule has 3 amide bonds. The van der Waals surface area contributed by atoms with E-state index in [9.17, 15) is 14.4 Å². The van der Waals surface area contributed by atoms with Crippen LogP contribution in [0.25, 0.3) is 6.08 Å². The molecule has 0 N–H and O–H groups in total. The average molecular weight is 682 g/mol. The van der Waals surface area contributed by atoms with Gasteiger partial charge in [0.15, 0.2) is 12.1 Å². The predicted octanol–water partition coefficient (Wildman–Crippen LogP) is 7.42. The smallest absolute Gasteiger partial charge is 0.264 e. The molecule has 0 aromatic heterocycles. The van der Waals surface area contributed by atoms with E-state index < -0.39 is 35.8 Å². The lowest BCUT2D eigenvalue weighted by Crippen LogP contribution is -2.45. The Morgan fingerprint density at radius 2 is 1.53 bits per heavy atom. The van der Waals surface area contributed by atoms with Crippen molar-refractivity contribution < 1.29 is 14.4 Å². The van der Waals surface area contributed by atoms with Crippen LogP contribution in [0.2, 0.25) is 20.1 Å². The Labute approximate surface area is 278 Å². The molecule has 0 radical (unpaired) electrons. The summed E-state index contributed by atoms with van der Waals surface area (Å²) in [5, 5.41) is 17.3. The van der Waals surface area contributed by atoms with Crippen molar-refractivity contribution >= 4 is 81.6 Å². The standard InChI is InChI=1S/C32H24Cl4N6O3/c33-20-11-7-17(8-12-20)15-19-3-1-4-22-26(19)38-42(28(22)18-9-13-21(34)14-10-18)25(43)16-40-30-27(37-39-40)31(44)41(32(30)45)29-23(35)5-2-6-24(29)36/h2,5-15,22,27-28,30H,1,3-4,16H2/b19-15+/t22-,27+,28-,30-/m0/s1. The Hall–Kier alpha value is -3.76. The van der Waals surface area contributed by atoms with Gasteiger partial charge in [-0.3, -0.25) is 19.4 Å². The number of nitrogens with zero attached hydrogens (tertiary/aromatic N) is 6. The van der Waals surface area contributed by atoms with E-state index in [1.54, 1.807) is 30.3 Å². The van der Waals surface area contributed by atoms with Gasteiger partial charge in [0.25, 0.3) is 17.7 Å². The number of halogens is 4. The van der Waals surface area contributed by atoms with E-state index in [0.29, 0.717) is 10.0 Å². The van der Waals surface area contributed by atoms with Crippen molar-refractivity contribution in [3.05, 3.63) is 104 Å². The number of amides is 3. The second kappa shape index (κ2) is 11.9. The molecule has 13 heteroatoms. The summed E-state index contributed by atoms with van der Waals surface area (Å²) in [4.78, 5) is 41.9. The van der Waals surface area contributed by atoms with Gasteiger partial charge in [0.05, 0.1) is 27.5 Å². The molecule has 2 fully saturated rings. The lowest BCUT2D eigenvalue weighted by molar-refractivity contribution is -0.136. The van der Waals surface area contributed by atoms with Crippen LogP contribution in [0.5, 0.6) is 0 Å². The van der Waals surface area contributed by atoms with Crippen molar-refractivity contribution in [3.8, 4) is 0 Å². The number of rotatable bonds is 5. The summed E-state index contributed by atoms with van der Waals surface area (Å²) in [7, 11) is 0. The molecule has 45 heavy (non-hydrogen) atoms. The zero-order valence-electron chi connectivity index (χ0n) is 23.5. The summed E-state index contributed by atoms with van der Waals surface area (Å²) >= 11 is 25.0. The number of para-hydroxylation sites is 1. The molecule has 1 saturated carbocycles. The summed E-state index contributed by atoms with van der Waals surface area (Å²) in [6, 6.07) is 17.0. The first-order valence-electron chi connectivity index (χ1n) is 14.3. The molecule has 0 bridgehead atoms. The van der Waals surface area contributed by atoms with Crippen LogP contribution in [0.3, 0.4) is 0 Å². The second-order valence-corrected chi connectivity index (χ2v) is 12.9. The van der Waals surface area contributed by atoms with Crippen molar-refractivity contribution in [2.75, 3.05) is 11.4 Å². The molecule has 4 atom stereocenters. The number of allylic oxidation sites excluding steroid dienone is 1. The fourth-order valence-electron chi connectivity index (χ4n) is 6.45. The summed E-state index contributed by atoms with van der Waals surface area (Å²) in [5.41, 5.74) is 3.85. The minimum absolute atomic E-state index is 0.0528. The molecular weight excluding hydrogens is 658 g/mol. The van der Waals surface area contributed by atoms with Gasteiger partial charge in [0.1, 0.15) is 6.54 Å². The fourth-order valence-corrected chi connectivity index (χ4v) is 7.27. The molecular formula is C32H24Cl4N6O3. The van der Waals surface area contributed by atoms with Crippen LogP contribution in [0.4, 0.5) is 5.69 Å². The molecule has 7 rings (SSSR count). The van der Waals surface area contributed by atoms with E-state index in [0.717, 1.165) is 46.6 Å². The number of benzene rings is 3. The van der Waals surface area contributed by atoms with Crippen molar-refractivity contribution in [3.63, 3.8) is 0 Å². The molecule has 1 saturated heterocycles. The van der Waals surface area contributed by atoms with E-state index in [4.69, 9.17) is 51.5 Å². The summed E-state index contributed by atoms with van der Waals surface area (Å²) in [6.07, 6.45) is 4.66. The van der Waals surface area contributed by atoms with Crippen molar-refractivity contribution in [2.24, 2.45) is 21.4 Å². The van der Waals surface area contributed by atoms with Gasteiger partial charge >= 0.3 is 0 Å². The molecule has 1 aliphatic carbocycles. The topological polar surface area (TPSA) is 98.0 Å². The Bertz CT molecular complexity index is 1790. The summed E-state index contributed by atoms with van der Waals surface area (Å²) < 4.78 is 0. The molecule has 3 aromatic rings. The maximum absolute atomic E-state index is 14.1. The fraction of sp³-hybridized carbons (Fsp3) is 0.250. The van der Waals surface area contributed by atoms with Crippen LogP contribution < -0.4 is 4.90 Å². The number of anilines is 1. The molecule has 3 heterocycles. The van der Waals surface area contributed by atoms with Crippen LogP contribution in [0.1, 0.15) is 36.4 Å². The van der Waals surface area contributed by atoms with Crippen LogP contribution >= 0.6 is 46.4 Å². The van der Waals surface area contributed by atoms with E-state index in [1.807, 2.05) is 36.4 Å². The van der Waals surface area contributed by atoms with Crippen molar-refractivity contribution in [2.45, 2.75) is 37.4 Å². The van der Waals surface area contributed by atoms with Crippen molar-refractivity contribution in [1.29, 1.82) is 0 Å². The highest BCUT2D eigenvalue weighted by atomic mass is 35.5. The Kier molecular flexibility index (Phi) is 7.90. The number of fused-ring (bicyclic) bond motifs is 2. The van der Waals surface area contributed by atoms with Gasteiger partial charge in [0.2, 0.25) is 0 Å². The summed E-state index contributed by atoms with van der Waals surface area (Å²) in [5.74, 6) is -1.66. The minimum Gasteiger partial charge on any atom is -0.271 e. The lowest BCUT2D eigenvalue weighted by Gasteiger charge is -2.30. The largest absolute Gasteiger partial charge is 0.271 e. The Balaban J connectivity index is 1.19. The molecule has 9 nitrogen and oxygen atoms in total. The zero-order chi connectivity index (χ0) is 31.4. The van der Waals surface area contributed by atoms with Gasteiger partial charge in [-0.1, -0.05) is 82.0 Å². The maximum Gasteiger partial charge on any atom is 0.264 e. The Morgan fingerprint density at radius 1 is 0.867 bits per heavy atom. The van der Waals surface area contributed by atoms with Gasteiger partial charge in [0, 0.05) is 16.0 Å². The van der Waals surface area contributed by atoms with Crippen molar-refractivity contribution in [1.82, 2.24) is 10.0 Å². The first-order chi connectivity index (χ1) is 21.7. The monoisotopic (exact) mass is 680 g/mol. The minimum atomic E-state index is -1.12. The number of hydrogen-bond donors (Lipinski definition) is 0. The molecule has 3 aliphatic heterocycles. The van der Waals surface area contributed by atoms with Gasteiger partial charge < -0.3 is 0 Å². The molecule has 0 unspecified atom stereocenters. The number of carbonyl (C=O) groups is 3. The number of hydrazone groups is 1. The molecule has 3 aromatic carbocycles. The Morgan fingerprint density at radius 3 is 2.22 bits per heavy atom. The maximum atomic E-state index is 14.1. The normalized spacial score (nSPS) is 24.8. The van der Waals surface area contributed by atoms with Crippen LogP contribution in [0, 0.1) is 5.92 Å². The lowest BCUT2D eigenvalue weighted by atomic mass is 9.77. The number of imide groups is 1. The first kappa shape index (κ1) is 29.9. The van der Waals surface area contributed by atoms with Crippen LogP contribution in [0.15, 0.2) is 87.7 Å². The molecule has 228 valence electrons. The number of carbonyl (C=O) groups excluding carboxylic acids is 3. The summed E-state index contributed by atoms with van der Waals surface area (Å²) in [6.45, 7) is -0.322. The molecule has 0 spiro atoms. The second-order valence-electron chi connectivity index (χ2n) is 11.2. The highest BCUT2D eigenvalue weighted by molar-refractivity contribution is 6.42. The van der Waals surface area contributed by atoms with E-state index >= 15 is 0 Å². The van der Waals surface area contributed by atoms with Gasteiger partial charge in [-0.25, -0.2) is 9.91 Å². The quantitative estimate of drug-likeness (QED) is 0.262. The highest BCUT2D eigenvalue weighted by Crippen LogP contribution is 2.45. The van der Waals surface area contributed by atoms with E-state index in [-0.39, 0.29) is 28.2 Å². The average Bonchev–Trinajstić information content (AvgIpc) is 3.69. The van der Waals surface area contributed by atoms with Crippen LogP contribution in [-0.4, -0.2) is 52.1 Å². The van der Waals surface area contributed by atoms with E-state index in [2.05, 4.69) is 16.4 Å². The SMILES string of the molecule is O=C1[C@@H]2[C@@H](N=NN2CC(=O)N2N=C3/C(=C/c4ccc(Cl)cc4)CCC[C@@H]3[C@@H]2c2ccc(Cl)cc2)C(=O)N1c1c(Cl)cccc1Cl. The third-order valence-electron chi connectivity index (χ3n) is 8.50. The third-order valence-corrected chi connectivity index (χ3v) is 9.61.